The lowest BCUT2D eigenvalue weighted by Gasteiger charge is -2.25. The molecule has 0 unspecified atom stereocenters. The standard InChI is InChI=1S/C11H14N6O6/c1-5(18)22-4-11(15-16-13)8(20)7(19)9(23-11)17-3-2-6(12)14-10(17)21/h2-3,7-9,19-20H,4H2,1H3,(H2,12,14,21)/t7-,8-,9+,11+/m0/s1. The zero-order valence-electron chi connectivity index (χ0n) is 11.9. The molecule has 0 aromatic carbocycles. The molecule has 0 bridgehead atoms. The smallest absolute Gasteiger partial charge is 0.351 e. The van der Waals surface area contributed by atoms with E-state index < -0.39 is 42.4 Å². The fraction of sp³-hybridized carbons (Fsp3) is 0.545. The van der Waals surface area contributed by atoms with Crippen molar-refractivity contribution < 1.29 is 24.5 Å². The number of esters is 1. The molecule has 1 aliphatic rings. The van der Waals surface area contributed by atoms with Crippen LogP contribution in [0.25, 0.3) is 10.4 Å². The van der Waals surface area contributed by atoms with Crippen molar-refractivity contribution in [3.05, 3.63) is 33.2 Å². The van der Waals surface area contributed by atoms with Crippen LogP contribution >= 0.6 is 0 Å². The van der Waals surface area contributed by atoms with Gasteiger partial charge in [0.2, 0.25) is 5.72 Å². The van der Waals surface area contributed by atoms with Crippen LogP contribution in [0.4, 0.5) is 5.82 Å². The molecule has 2 rings (SSSR count). The Labute approximate surface area is 128 Å². The van der Waals surface area contributed by atoms with E-state index in [9.17, 15) is 19.8 Å². The molecule has 12 nitrogen and oxygen atoms in total. The van der Waals surface area contributed by atoms with Crippen LogP contribution in [-0.4, -0.2) is 50.3 Å². The zero-order valence-corrected chi connectivity index (χ0v) is 11.9. The van der Waals surface area contributed by atoms with Crippen LogP contribution < -0.4 is 11.4 Å². The molecule has 1 aliphatic heterocycles. The number of nitrogen functional groups attached to an aromatic ring is 1. The number of aliphatic hydroxyl groups excluding tert-OH is 2. The minimum absolute atomic E-state index is 0.0412. The summed E-state index contributed by atoms with van der Waals surface area (Å²) in [7, 11) is 0. The summed E-state index contributed by atoms with van der Waals surface area (Å²) in [5, 5.41) is 23.5. The molecule has 0 saturated carbocycles. The van der Waals surface area contributed by atoms with Crippen LogP contribution in [0.3, 0.4) is 0 Å². The first-order valence-corrected chi connectivity index (χ1v) is 6.39. The van der Waals surface area contributed by atoms with E-state index in [0.717, 1.165) is 11.5 Å². The van der Waals surface area contributed by atoms with Crippen molar-refractivity contribution in [2.45, 2.75) is 31.1 Å². The summed E-state index contributed by atoms with van der Waals surface area (Å²) in [6, 6.07) is 1.28. The van der Waals surface area contributed by atoms with Gasteiger partial charge in [-0.05, 0) is 11.6 Å². The molecule has 0 aliphatic carbocycles. The minimum atomic E-state index is -2.08. The highest BCUT2D eigenvalue weighted by molar-refractivity contribution is 5.66. The van der Waals surface area contributed by atoms with Gasteiger partial charge in [0, 0.05) is 18.0 Å². The lowest BCUT2D eigenvalue weighted by Crippen LogP contribution is -2.45. The van der Waals surface area contributed by atoms with E-state index in [1.54, 1.807) is 0 Å². The maximum absolute atomic E-state index is 11.8. The number of nitrogens with zero attached hydrogens (tertiary/aromatic N) is 5. The topological polar surface area (TPSA) is 186 Å². The van der Waals surface area contributed by atoms with Gasteiger partial charge in [-0.15, -0.1) is 0 Å². The van der Waals surface area contributed by atoms with Crippen LogP contribution in [0.5, 0.6) is 0 Å². The van der Waals surface area contributed by atoms with E-state index in [1.807, 2.05) is 0 Å². The molecule has 1 fully saturated rings. The van der Waals surface area contributed by atoms with Crippen LogP contribution in [-0.2, 0) is 14.3 Å². The van der Waals surface area contributed by atoms with Crippen molar-refractivity contribution in [1.82, 2.24) is 9.55 Å². The van der Waals surface area contributed by atoms with E-state index in [4.69, 9.17) is 20.7 Å². The van der Waals surface area contributed by atoms with Crippen molar-refractivity contribution >= 4 is 11.8 Å². The molecule has 0 spiro atoms. The van der Waals surface area contributed by atoms with Gasteiger partial charge < -0.3 is 25.4 Å². The Hall–Kier alpha value is -2.66. The van der Waals surface area contributed by atoms with E-state index in [1.165, 1.54) is 12.3 Å². The van der Waals surface area contributed by atoms with E-state index >= 15 is 0 Å². The van der Waals surface area contributed by atoms with E-state index in [0.29, 0.717) is 0 Å². The summed E-state index contributed by atoms with van der Waals surface area (Å²) < 4.78 is 10.9. The fourth-order valence-electron chi connectivity index (χ4n) is 2.12. The van der Waals surface area contributed by atoms with Gasteiger partial charge in [-0.1, -0.05) is 5.11 Å². The van der Waals surface area contributed by atoms with Crippen LogP contribution in [0.1, 0.15) is 13.2 Å². The average molecular weight is 326 g/mol. The van der Waals surface area contributed by atoms with Gasteiger partial charge in [0.1, 0.15) is 24.6 Å². The maximum atomic E-state index is 11.8. The molecule has 4 N–H and O–H groups in total. The van der Waals surface area contributed by atoms with Crippen molar-refractivity contribution in [3.63, 3.8) is 0 Å². The third-order valence-corrected chi connectivity index (χ3v) is 3.22. The summed E-state index contributed by atoms with van der Waals surface area (Å²) in [6.45, 7) is 0.464. The van der Waals surface area contributed by atoms with Gasteiger partial charge in [-0.25, -0.2) is 4.79 Å². The number of nitrogens with two attached hydrogens (primary N) is 1. The Bertz CT molecular complexity index is 715. The number of hydrogen-bond acceptors (Lipinski definition) is 9. The highest BCUT2D eigenvalue weighted by Gasteiger charge is 2.56. The lowest BCUT2D eigenvalue weighted by atomic mass is 10.1. The first-order valence-electron chi connectivity index (χ1n) is 6.39. The summed E-state index contributed by atoms with van der Waals surface area (Å²) in [5.41, 5.74) is 11.1. The van der Waals surface area contributed by atoms with Gasteiger partial charge >= 0.3 is 11.7 Å². The van der Waals surface area contributed by atoms with Crippen LogP contribution in [0.2, 0.25) is 0 Å². The summed E-state index contributed by atoms with van der Waals surface area (Å²) in [6.07, 6.45) is -3.60. The number of ether oxygens (including phenoxy) is 2. The van der Waals surface area contributed by atoms with E-state index in [2.05, 4.69) is 15.0 Å². The average Bonchev–Trinajstić information content (AvgIpc) is 2.72. The number of azide groups is 1. The van der Waals surface area contributed by atoms with Gasteiger partial charge in [0.15, 0.2) is 6.23 Å². The number of hydrogen-bond donors (Lipinski definition) is 3. The second kappa shape index (κ2) is 6.22. The Morgan fingerprint density at radius 3 is 2.96 bits per heavy atom. The Balaban J connectivity index is 2.40. The van der Waals surface area contributed by atoms with Gasteiger partial charge in [-0.3, -0.25) is 9.36 Å². The molecule has 1 aromatic rings. The predicted molar refractivity (Wildman–Crippen MR) is 73.6 cm³/mol. The number of rotatable bonds is 4. The second-order valence-corrected chi connectivity index (χ2v) is 4.80. The SMILES string of the molecule is CC(=O)OC[C@@]1(N=[N+]=[N-])O[C@@H](n2ccc(N)nc2=O)[C@@H](O)[C@@H]1O. The maximum Gasteiger partial charge on any atom is 0.351 e. The number of aliphatic hydroxyl groups is 2. The molecule has 124 valence electrons. The summed E-state index contributed by atoms with van der Waals surface area (Å²) >= 11 is 0. The molecule has 0 radical (unpaired) electrons. The molecule has 23 heavy (non-hydrogen) atoms. The number of anilines is 1. The molecule has 0 amide bonds. The molecule has 1 aromatic heterocycles. The first kappa shape index (κ1) is 16.7. The highest BCUT2D eigenvalue weighted by Crippen LogP contribution is 2.38. The Morgan fingerprint density at radius 1 is 1.70 bits per heavy atom. The van der Waals surface area contributed by atoms with Gasteiger partial charge in [0.05, 0.1) is 0 Å². The molecule has 4 atom stereocenters. The predicted octanol–water partition coefficient (Wildman–Crippen LogP) is -1.35. The molecular formula is C11H14N6O6. The van der Waals surface area contributed by atoms with E-state index in [-0.39, 0.29) is 5.82 Å². The number of carbonyl (C=O) groups is 1. The normalized spacial score (nSPS) is 29.8. The van der Waals surface area contributed by atoms with Gasteiger partial charge in [0.25, 0.3) is 0 Å². The van der Waals surface area contributed by atoms with Crippen LogP contribution in [0.15, 0.2) is 22.2 Å². The van der Waals surface area contributed by atoms with Crippen molar-refractivity contribution in [3.8, 4) is 0 Å². The van der Waals surface area contributed by atoms with Crippen molar-refractivity contribution in [2.24, 2.45) is 5.11 Å². The second-order valence-electron chi connectivity index (χ2n) is 4.80. The molecule has 1 saturated heterocycles. The summed E-state index contributed by atoms with van der Waals surface area (Å²) in [5.74, 6) is -0.752. The summed E-state index contributed by atoms with van der Waals surface area (Å²) in [4.78, 5) is 28.8. The number of aromatic nitrogens is 2. The first-order chi connectivity index (χ1) is 10.8. The third kappa shape index (κ3) is 3.10. The van der Waals surface area contributed by atoms with Crippen LogP contribution in [0, 0.1) is 0 Å². The fourth-order valence-corrected chi connectivity index (χ4v) is 2.12. The quantitative estimate of drug-likeness (QED) is 0.262. The minimum Gasteiger partial charge on any atom is -0.463 e. The lowest BCUT2D eigenvalue weighted by molar-refractivity contribution is -0.163. The monoisotopic (exact) mass is 326 g/mol. The molecular weight excluding hydrogens is 312 g/mol. The van der Waals surface area contributed by atoms with Gasteiger partial charge in [-0.2, -0.15) is 4.98 Å². The largest absolute Gasteiger partial charge is 0.463 e. The van der Waals surface area contributed by atoms with Crippen molar-refractivity contribution in [2.75, 3.05) is 12.3 Å². The highest BCUT2D eigenvalue weighted by atomic mass is 16.6. The van der Waals surface area contributed by atoms with Crippen molar-refractivity contribution in [1.29, 1.82) is 0 Å². The Morgan fingerprint density at radius 2 is 2.39 bits per heavy atom. The molecule has 12 heteroatoms. The number of carbonyl (C=O) groups excluding carboxylic acids is 1. The Kier molecular flexibility index (Phi) is 4.52. The zero-order chi connectivity index (χ0) is 17.2. The third-order valence-electron chi connectivity index (χ3n) is 3.22. The molecule has 2 heterocycles.